The van der Waals surface area contributed by atoms with Crippen molar-refractivity contribution in [3.63, 3.8) is 0 Å². The maximum absolute atomic E-state index is 12.6. The van der Waals surface area contributed by atoms with Crippen molar-refractivity contribution in [2.75, 3.05) is 13.2 Å². The van der Waals surface area contributed by atoms with Crippen LogP contribution in [0.5, 0.6) is 0 Å². The highest BCUT2D eigenvalue weighted by atomic mass is 19.4. The quantitative estimate of drug-likeness (QED) is 0.906. The van der Waals surface area contributed by atoms with Crippen LogP contribution in [0.15, 0.2) is 24.3 Å². The fourth-order valence-electron chi connectivity index (χ4n) is 2.78. The Balaban J connectivity index is 2.26. The minimum atomic E-state index is -4.29. The predicted octanol–water partition coefficient (Wildman–Crippen LogP) is 3.93. The Hall–Kier alpha value is -1.07. The van der Waals surface area contributed by atoms with Gasteiger partial charge in [0.25, 0.3) is 0 Å². The number of hydrogen-bond donors (Lipinski definition) is 1. The molecule has 0 radical (unpaired) electrons. The molecule has 2 atom stereocenters. The van der Waals surface area contributed by atoms with Gasteiger partial charge in [-0.25, -0.2) is 0 Å². The van der Waals surface area contributed by atoms with Gasteiger partial charge in [-0.2, -0.15) is 13.2 Å². The molecule has 1 aliphatic rings. The molecular weight excluding hydrogens is 267 g/mol. The molecule has 0 spiro atoms. The lowest BCUT2D eigenvalue weighted by Gasteiger charge is -2.34. The van der Waals surface area contributed by atoms with E-state index in [9.17, 15) is 13.2 Å². The lowest BCUT2D eigenvalue weighted by molar-refractivity contribution is -0.137. The van der Waals surface area contributed by atoms with Crippen molar-refractivity contribution in [3.05, 3.63) is 35.4 Å². The largest absolute Gasteiger partial charge is 0.416 e. The van der Waals surface area contributed by atoms with Gasteiger partial charge in [0, 0.05) is 6.61 Å². The van der Waals surface area contributed by atoms with Crippen LogP contribution in [-0.4, -0.2) is 18.8 Å². The van der Waals surface area contributed by atoms with Crippen LogP contribution in [0, 0.1) is 0 Å². The Labute approximate surface area is 117 Å². The average molecular weight is 287 g/mol. The Morgan fingerprint density at radius 1 is 1.30 bits per heavy atom. The van der Waals surface area contributed by atoms with E-state index in [-0.39, 0.29) is 11.6 Å². The van der Waals surface area contributed by atoms with Crippen molar-refractivity contribution in [1.82, 2.24) is 5.32 Å². The summed E-state index contributed by atoms with van der Waals surface area (Å²) in [7, 11) is 0. The average Bonchev–Trinajstić information content (AvgIpc) is 2.83. The van der Waals surface area contributed by atoms with Crippen LogP contribution in [-0.2, 0) is 10.9 Å². The van der Waals surface area contributed by atoms with Crippen LogP contribution in [0.1, 0.15) is 43.9 Å². The minimum Gasteiger partial charge on any atom is -0.373 e. The maximum Gasteiger partial charge on any atom is 0.416 e. The maximum atomic E-state index is 12.6. The van der Waals surface area contributed by atoms with E-state index in [1.54, 1.807) is 12.1 Å². The first-order chi connectivity index (χ1) is 9.37. The summed E-state index contributed by atoms with van der Waals surface area (Å²) in [4.78, 5) is 0. The van der Waals surface area contributed by atoms with E-state index in [1.165, 1.54) is 0 Å². The van der Waals surface area contributed by atoms with Gasteiger partial charge in [-0.1, -0.05) is 19.1 Å². The molecule has 0 aromatic heterocycles. The summed E-state index contributed by atoms with van der Waals surface area (Å²) >= 11 is 0. The van der Waals surface area contributed by atoms with Crippen molar-refractivity contribution in [1.29, 1.82) is 0 Å². The van der Waals surface area contributed by atoms with E-state index < -0.39 is 11.7 Å². The van der Waals surface area contributed by atoms with Gasteiger partial charge in [-0.15, -0.1) is 0 Å². The first-order valence-corrected chi connectivity index (χ1v) is 6.91. The van der Waals surface area contributed by atoms with E-state index in [4.69, 9.17) is 4.74 Å². The summed E-state index contributed by atoms with van der Waals surface area (Å²) in [6, 6.07) is 5.28. The molecule has 1 aromatic rings. The van der Waals surface area contributed by atoms with Gasteiger partial charge in [0.1, 0.15) is 0 Å². The molecule has 2 rings (SSSR count). The van der Waals surface area contributed by atoms with Crippen molar-refractivity contribution >= 4 is 0 Å². The molecule has 2 unspecified atom stereocenters. The number of benzene rings is 1. The predicted molar refractivity (Wildman–Crippen MR) is 71.5 cm³/mol. The molecule has 0 bridgehead atoms. The third-order valence-corrected chi connectivity index (χ3v) is 3.84. The second-order valence-corrected chi connectivity index (χ2v) is 5.38. The lowest BCUT2D eigenvalue weighted by atomic mass is 9.87. The Bertz CT molecular complexity index is 435. The van der Waals surface area contributed by atoms with Gasteiger partial charge in [-0.05, 0) is 44.0 Å². The van der Waals surface area contributed by atoms with Crippen molar-refractivity contribution in [2.45, 2.75) is 44.5 Å². The molecule has 1 aromatic carbocycles. The Kier molecular flexibility index (Phi) is 4.39. The molecule has 1 heterocycles. The van der Waals surface area contributed by atoms with Crippen LogP contribution in [0.4, 0.5) is 13.2 Å². The second kappa shape index (κ2) is 5.74. The third-order valence-electron chi connectivity index (χ3n) is 3.84. The van der Waals surface area contributed by atoms with Gasteiger partial charge in [0.15, 0.2) is 0 Å². The molecule has 5 heteroatoms. The van der Waals surface area contributed by atoms with E-state index in [2.05, 4.69) is 5.32 Å². The molecule has 112 valence electrons. The summed E-state index contributed by atoms with van der Waals surface area (Å²) in [6.45, 7) is 5.45. The number of nitrogens with one attached hydrogen (secondary N) is 1. The second-order valence-electron chi connectivity index (χ2n) is 5.38. The van der Waals surface area contributed by atoms with Crippen LogP contribution >= 0.6 is 0 Å². The van der Waals surface area contributed by atoms with E-state index in [1.807, 2.05) is 13.8 Å². The molecule has 0 saturated carbocycles. The van der Waals surface area contributed by atoms with Crippen LogP contribution in [0.25, 0.3) is 0 Å². The zero-order valence-electron chi connectivity index (χ0n) is 11.8. The van der Waals surface area contributed by atoms with E-state index >= 15 is 0 Å². The minimum absolute atomic E-state index is 0.0858. The molecule has 2 nitrogen and oxygen atoms in total. The number of ether oxygens (including phenoxy) is 1. The summed E-state index contributed by atoms with van der Waals surface area (Å²) in [5.41, 5.74) is -0.131. The van der Waals surface area contributed by atoms with E-state index in [0.717, 1.165) is 37.1 Å². The number of alkyl halides is 3. The van der Waals surface area contributed by atoms with Crippen molar-refractivity contribution in [3.8, 4) is 0 Å². The number of likely N-dealkylation sites (N-methyl/N-ethyl adjacent to an activating group) is 1. The van der Waals surface area contributed by atoms with Gasteiger partial charge in [0.2, 0.25) is 0 Å². The normalized spacial score (nSPS) is 24.9. The van der Waals surface area contributed by atoms with Crippen LogP contribution in [0.2, 0.25) is 0 Å². The molecule has 1 saturated heterocycles. The SMILES string of the molecule is CCNC(c1ccc(C(F)(F)F)cc1)C1(C)CCCO1. The highest BCUT2D eigenvalue weighted by molar-refractivity contribution is 5.28. The topological polar surface area (TPSA) is 21.3 Å². The molecule has 0 aliphatic carbocycles. The molecular formula is C15H20F3NO. The summed E-state index contributed by atoms with van der Waals surface area (Å²) in [5, 5.41) is 3.33. The highest BCUT2D eigenvalue weighted by Crippen LogP contribution is 2.38. The zero-order valence-corrected chi connectivity index (χ0v) is 11.8. The first kappa shape index (κ1) is 15.3. The third kappa shape index (κ3) is 3.15. The zero-order chi connectivity index (χ0) is 14.8. The molecule has 0 amide bonds. The van der Waals surface area contributed by atoms with Crippen LogP contribution < -0.4 is 5.32 Å². The summed E-state index contributed by atoms with van der Waals surface area (Å²) in [6.07, 6.45) is -2.40. The molecule has 20 heavy (non-hydrogen) atoms. The Morgan fingerprint density at radius 3 is 2.40 bits per heavy atom. The monoisotopic (exact) mass is 287 g/mol. The van der Waals surface area contributed by atoms with Gasteiger partial charge in [-0.3, -0.25) is 0 Å². The van der Waals surface area contributed by atoms with Gasteiger partial charge < -0.3 is 10.1 Å². The fourth-order valence-corrected chi connectivity index (χ4v) is 2.78. The lowest BCUT2D eigenvalue weighted by Crippen LogP contribution is -2.41. The Morgan fingerprint density at radius 2 is 1.95 bits per heavy atom. The number of rotatable bonds is 4. The fraction of sp³-hybridized carbons (Fsp3) is 0.600. The smallest absolute Gasteiger partial charge is 0.373 e. The number of hydrogen-bond acceptors (Lipinski definition) is 2. The molecule has 1 N–H and O–H groups in total. The summed E-state index contributed by atoms with van der Waals surface area (Å²) in [5.74, 6) is 0. The molecule has 1 aliphatic heterocycles. The highest BCUT2D eigenvalue weighted by Gasteiger charge is 2.39. The first-order valence-electron chi connectivity index (χ1n) is 6.91. The van der Waals surface area contributed by atoms with Crippen molar-refractivity contribution < 1.29 is 17.9 Å². The van der Waals surface area contributed by atoms with Crippen molar-refractivity contribution in [2.24, 2.45) is 0 Å². The van der Waals surface area contributed by atoms with Gasteiger partial charge >= 0.3 is 6.18 Å². The summed E-state index contributed by atoms with van der Waals surface area (Å²) < 4.78 is 43.6. The number of halogens is 3. The van der Waals surface area contributed by atoms with Crippen LogP contribution in [0.3, 0.4) is 0 Å². The standard InChI is InChI=1S/C15H20F3NO/c1-3-19-13(14(2)9-4-10-20-14)11-5-7-12(8-6-11)15(16,17)18/h5-8,13,19H,3-4,9-10H2,1-2H3. The molecule has 1 fully saturated rings. The van der Waals surface area contributed by atoms with Gasteiger partial charge in [0.05, 0.1) is 17.2 Å². The van der Waals surface area contributed by atoms with E-state index in [0.29, 0.717) is 6.61 Å².